The fraction of sp³-hybridized carbons (Fsp3) is 0.920. The largest absolute Gasteiger partial charge is 0.356 e. The van der Waals surface area contributed by atoms with Crippen LogP contribution >= 0.6 is 0 Å². The molecule has 8 nitrogen and oxygen atoms in total. The molecule has 0 aliphatic carbocycles. The van der Waals surface area contributed by atoms with Crippen LogP contribution in [-0.4, -0.2) is 44.1 Å². The number of carbonyl (C=O) groups excluding carboxylic acids is 2. The zero-order valence-electron chi connectivity index (χ0n) is 23.5. The van der Waals surface area contributed by atoms with Gasteiger partial charge in [-0.2, -0.15) is 0 Å². The predicted octanol–water partition coefficient (Wildman–Crippen LogP) is 5.44. The number of nitrogens with one attached hydrogen (secondary N) is 2. The van der Waals surface area contributed by atoms with Crippen LogP contribution in [0.5, 0.6) is 0 Å². The summed E-state index contributed by atoms with van der Waals surface area (Å²) < 4.78 is 0. The van der Waals surface area contributed by atoms with Crippen LogP contribution in [0.15, 0.2) is 0 Å². The molecule has 8 heteroatoms. The van der Waals surface area contributed by atoms with E-state index in [1.54, 1.807) is 0 Å². The molecule has 0 bridgehead atoms. The van der Waals surface area contributed by atoms with Gasteiger partial charge in [0.1, 0.15) is 0 Å². The zero-order valence-corrected chi connectivity index (χ0v) is 23.5. The first-order valence-electron chi connectivity index (χ1n) is 12.3. The molecule has 0 unspecified atom stereocenters. The Balaban J connectivity index is 4.05. The van der Waals surface area contributed by atoms with Crippen molar-refractivity contribution >= 4 is 11.9 Å². The Morgan fingerprint density at radius 3 is 1.00 bits per heavy atom. The van der Waals surface area contributed by atoms with Crippen LogP contribution in [0.3, 0.4) is 0 Å². The highest BCUT2D eigenvalue weighted by Crippen LogP contribution is 2.23. The first-order chi connectivity index (χ1) is 14.8. The Hall–Kier alpha value is -1.22. The van der Waals surface area contributed by atoms with Gasteiger partial charge in [0.05, 0.1) is 0 Å². The number of nitrogens with zero attached hydrogens (tertiary/aromatic N) is 2. The average molecular weight is 473 g/mol. The molecule has 0 fully saturated rings. The fourth-order valence-electron chi connectivity index (χ4n) is 3.92. The van der Waals surface area contributed by atoms with Crippen molar-refractivity contribution in [2.45, 2.75) is 150 Å². The highest BCUT2D eigenvalue weighted by atomic mass is 16.7. The lowest BCUT2D eigenvalue weighted by Gasteiger charge is -2.43. The number of hydrazine groups is 2. The van der Waals surface area contributed by atoms with Crippen molar-refractivity contribution in [3.8, 4) is 0 Å². The molecular formula is C25H52N4O4. The third kappa shape index (κ3) is 13.9. The van der Waals surface area contributed by atoms with E-state index in [1.807, 2.05) is 10.0 Å². The van der Waals surface area contributed by atoms with Gasteiger partial charge in [-0.15, -0.1) is 0 Å². The molecule has 0 aromatic carbocycles. The molecule has 33 heavy (non-hydrogen) atoms. The summed E-state index contributed by atoms with van der Waals surface area (Å²) in [4.78, 5) is 34.7. The van der Waals surface area contributed by atoms with Crippen molar-refractivity contribution in [2.75, 3.05) is 0 Å². The van der Waals surface area contributed by atoms with Gasteiger partial charge in [-0.3, -0.25) is 9.59 Å². The number of hydrogen-bond donors (Lipinski definition) is 2. The second kappa shape index (κ2) is 13.0. The van der Waals surface area contributed by atoms with E-state index >= 15 is 0 Å². The molecule has 0 aliphatic heterocycles. The molecule has 0 aromatic rings. The maximum Gasteiger partial charge on any atom is 0.326 e. The van der Waals surface area contributed by atoms with Gasteiger partial charge >= 0.3 is 11.9 Å². The van der Waals surface area contributed by atoms with E-state index in [4.69, 9.17) is 9.68 Å². The van der Waals surface area contributed by atoms with Crippen LogP contribution < -0.4 is 11.2 Å². The van der Waals surface area contributed by atoms with E-state index in [9.17, 15) is 9.59 Å². The Labute approximate surface area is 203 Å². The van der Waals surface area contributed by atoms with Crippen LogP contribution in [0.2, 0.25) is 0 Å². The summed E-state index contributed by atoms with van der Waals surface area (Å²) in [6.45, 7) is 24.8. The molecule has 0 aromatic heterocycles. The van der Waals surface area contributed by atoms with Crippen LogP contribution in [0.4, 0.5) is 0 Å². The van der Waals surface area contributed by atoms with Gasteiger partial charge < -0.3 is 9.68 Å². The van der Waals surface area contributed by atoms with Gasteiger partial charge in [0.15, 0.2) is 0 Å². The smallest absolute Gasteiger partial charge is 0.326 e. The Bertz CT molecular complexity index is 515. The summed E-state index contributed by atoms with van der Waals surface area (Å²) in [6, 6.07) is 0. The Morgan fingerprint density at radius 2 is 0.758 bits per heavy atom. The Kier molecular flexibility index (Phi) is 12.5. The molecule has 0 radical (unpaired) electrons. The number of unbranched alkanes of at least 4 members (excludes halogenated alkanes) is 4. The van der Waals surface area contributed by atoms with Crippen molar-refractivity contribution in [3.05, 3.63) is 0 Å². The van der Waals surface area contributed by atoms with E-state index in [2.05, 4.69) is 94.3 Å². The van der Waals surface area contributed by atoms with Crippen molar-refractivity contribution in [1.29, 1.82) is 0 Å². The van der Waals surface area contributed by atoms with Crippen LogP contribution in [0.25, 0.3) is 0 Å². The second-order valence-corrected chi connectivity index (χ2v) is 12.8. The number of rotatable bonds is 12. The maximum atomic E-state index is 12.1. The summed E-state index contributed by atoms with van der Waals surface area (Å²) in [5, 5.41) is 3.88. The molecule has 0 amide bonds. The monoisotopic (exact) mass is 472 g/mol. The fourth-order valence-corrected chi connectivity index (χ4v) is 3.92. The van der Waals surface area contributed by atoms with Gasteiger partial charge in [0.2, 0.25) is 0 Å². The summed E-state index contributed by atoms with van der Waals surface area (Å²) in [7, 11) is 0. The lowest BCUT2D eigenvalue weighted by molar-refractivity contribution is -0.186. The second-order valence-electron chi connectivity index (χ2n) is 12.8. The summed E-state index contributed by atoms with van der Waals surface area (Å²) in [5.74, 6) is -0.518. The molecule has 0 saturated heterocycles. The Morgan fingerprint density at radius 1 is 0.515 bits per heavy atom. The van der Waals surface area contributed by atoms with E-state index < -0.39 is 0 Å². The molecule has 0 heterocycles. The van der Waals surface area contributed by atoms with Crippen molar-refractivity contribution in [3.63, 3.8) is 0 Å². The van der Waals surface area contributed by atoms with Crippen molar-refractivity contribution in [2.24, 2.45) is 0 Å². The standard InChI is InChI=1S/C25H52N4O4/c1-22(2,3)28(23(4,5)6)26-32-20(30)18-16-14-13-15-17-19-21(31)33-27-29(24(7,8)9)25(10,11)12/h26-27H,13-19H2,1-12H3. The quantitative estimate of drug-likeness (QED) is 0.287. The van der Waals surface area contributed by atoms with E-state index in [-0.39, 0.29) is 34.1 Å². The van der Waals surface area contributed by atoms with Crippen LogP contribution in [0, 0.1) is 0 Å². The molecule has 0 atom stereocenters. The van der Waals surface area contributed by atoms with Crippen molar-refractivity contribution < 1.29 is 19.3 Å². The van der Waals surface area contributed by atoms with Crippen molar-refractivity contribution in [1.82, 2.24) is 21.2 Å². The summed E-state index contributed by atoms with van der Waals surface area (Å²) in [5.41, 5.74) is 4.92. The van der Waals surface area contributed by atoms with Gasteiger partial charge in [0.25, 0.3) is 0 Å². The third-order valence-corrected chi connectivity index (χ3v) is 4.95. The zero-order chi connectivity index (χ0) is 26.1. The van der Waals surface area contributed by atoms with Gasteiger partial charge in [0, 0.05) is 35.0 Å². The average Bonchev–Trinajstić information content (AvgIpc) is 2.56. The lowest BCUT2D eigenvalue weighted by Crippen LogP contribution is -2.59. The normalized spacial score (nSPS) is 13.5. The first-order valence-corrected chi connectivity index (χ1v) is 12.3. The van der Waals surface area contributed by atoms with Gasteiger partial charge in [-0.05, 0) is 95.9 Å². The molecule has 0 saturated carbocycles. The number of hydrogen-bond acceptors (Lipinski definition) is 8. The predicted molar refractivity (Wildman–Crippen MR) is 133 cm³/mol. The highest BCUT2D eigenvalue weighted by molar-refractivity contribution is 5.69. The van der Waals surface area contributed by atoms with Gasteiger partial charge in [-0.25, -0.2) is 10.0 Å². The first kappa shape index (κ1) is 31.8. The lowest BCUT2D eigenvalue weighted by atomic mass is 9.99. The topological polar surface area (TPSA) is 83.1 Å². The molecule has 0 aliphatic rings. The minimum Gasteiger partial charge on any atom is -0.356 e. The maximum absolute atomic E-state index is 12.1. The SMILES string of the molecule is CC(C)(C)N(NOC(=O)CCCCCCCC(=O)ONN(C(C)(C)C)C(C)(C)C)C(C)(C)C. The van der Waals surface area contributed by atoms with Gasteiger partial charge in [-0.1, -0.05) is 30.4 Å². The third-order valence-electron chi connectivity index (χ3n) is 4.95. The highest BCUT2D eigenvalue weighted by Gasteiger charge is 2.33. The molecule has 2 N–H and O–H groups in total. The number of carbonyl (C=O) groups is 2. The van der Waals surface area contributed by atoms with E-state index in [0.29, 0.717) is 12.8 Å². The molecule has 0 rings (SSSR count). The minimum absolute atomic E-state index is 0.188. The summed E-state index contributed by atoms with van der Waals surface area (Å²) in [6.07, 6.45) is 5.09. The van der Waals surface area contributed by atoms with E-state index in [1.165, 1.54) is 0 Å². The molecular weight excluding hydrogens is 420 g/mol. The van der Waals surface area contributed by atoms with E-state index in [0.717, 1.165) is 32.1 Å². The molecule has 0 spiro atoms. The van der Waals surface area contributed by atoms with Crippen LogP contribution in [0.1, 0.15) is 128 Å². The summed E-state index contributed by atoms with van der Waals surface area (Å²) >= 11 is 0. The molecule has 196 valence electrons. The minimum atomic E-state index is -0.259. The van der Waals surface area contributed by atoms with Crippen LogP contribution in [-0.2, 0) is 19.3 Å².